The van der Waals surface area contributed by atoms with Crippen LogP contribution in [0.3, 0.4) is 0 Å². The average molecular weight is 429 g/mol. The van der Waals surface area contributed by atoms with E-state index >= 15 is 0 Å². The van der Waals surface area contributed by atoms with Crippen molar-refractivity contribution in [2.24, 2.45) is 0 Å². The lowest BCUT2D eigenvalue weighted by molar-refractivity contribution is -0.137. The molecular weight excluding hydrogens is 407 g/mol. The Balaban J connectivity index is 1.46. The van der Waals surface area contributed by atoms with Gasteiger partial charge >= 0.3 is 6.18 Å². The van der Waals surface area contributed by atoms with Crippen LogP contribution in [0.5, 0.6) is 0 Å². The number of alkyl halides is 3. The molecule has 0 unspecified atom stereocenters. The number of halogens is 3. The van der Waals surface area contributed by atoms with E-state index < -0.39 is 11.7 Å². The van der Waals surface area contributed by atoms with Gasteiger partial charge in [-0.1, -0.05) is 6.07 Å². The predicted octanol–water partition coefficient (Wildman–Crippen LogP) is 3.87. The van der Waals surface area contributed by atoms with Crippen molar-refractivity contribution in [3.63, 3.8) is 0 Å². The van der Waals surface area contributed by atoms with E-state index in [2.05, 4.69) is 15.0 Å². The molecule has 1 aliphatic heterocycles. The highest BCUT2D eigenvalue weighted by Crippen LogP contribution is 2.30. The number of hydrogen-bond acceptors (Lipinski definition) is 4. The van der Waals surface area contributed by atoms with Crippen molar-refractivity contribution in [1.29, 1.82) is 0 Å². The number of hydrogen-bond donors (Lipinski definition) is 0. The van der Waals surface area contributed by atoms with Gasteiger partial charge in [-0.3, -0.25) is 4.79 Å². The van der Waals surface area contributed by atoms with E-state index in [0.29, 0.717) is 26.2 Å². The molecule has 3 heterocycles. The van der Waals surface area contributed by atoms with E-state index in [0.717, 1.165) is 35.0 Å². The summed E-state index contributed by atoms with van der Waals surface area (Å²) in [6, 6.07) is 10.0. The van der Waals surface area contributed by atoms with Crippen LogP contribution in [0.4, 0.5) is 18.9 Å². The maximum atomic E-state index is 12.7. The maximum Gasteiger partial charge on any atom is 0.416 e. The van der Waals surface area contributed by atoms with Crippen molar-refractivity contribution in [2.45, 2.75) is 20.0 Å². The maximum absolute atomic E-state index is 12.7. The van der Waals surface area contributed by atoms with Gasteiger partial charge in [0.1, 0.15) is 0 Å². The molecule has 6 nitrogen and oxygen atoms in total. The Morgan fingerprint density at radius 1 is 0.968 bits per heavy atom. The van der Waals surface area contributed by atoms with Crippen LogP contribution in [0.2, 0.25) is 0 Å². The Bertz CT molecular complexity index is 1070. The number of carbonyl (C=O) groups is 1. The standard InChI is InChI=1S/C22H22F3N5O/c1-15-20(16(2)30(27-15)19-5-3-4-10-26-19)28-11-13-29(14-12-28)21(31)17-6-8-18(9-7-17)22(23,24)25/h3-10H,11-14H2,1-2H3. The van der Waals surface area contributed by atoms with Gasteiger partial charge in [-0.25, -0.2) is 9.67 Å². The normalized spacial score (nSPS) is 14.7. The van der Waals surface area contributed by atoms with Crippen LogP contribution in [0.25, 0.3) is 5.82 Å². The topological polar surface area (TPSA) is 54.3 Å². The van der Waals surface area contributed by atoms with Crippen LogP contribution >= 0.6 is 0 Å². The second kappa shape index (κ2) is 8.05. The molecule has 4 rings (SSSR count). The van der Waals surface area contributed by atoms with E-state index in [1.165, 1.54) is 12.1 Å². The molecule has 0 atom stereocenters. The van der Waals surface area contributed by atoms with Crippen molar-refractivity contribution < 1.29 is 18.0 Å². The molecule has 9 heteroatoms. The predicted molar refractivity (Wildman–Crippen MR) is 110 cm³/mol. The Kier molecular flexibility index (Phi) is 5.43. The SMILES string of the molecule is Cc1nn(-c2ccccn2)c(C)c1N1CCN(C(=O)c2ccc(C(F)(F)F)cc2)CC1. The summed E-state index contributed by atoms with van der Waals surface area (Å²) in [6.07, 6.45) is -2.69. The molecule has 1 aliphatic rings. The minimum absolute atomic E-state index is 0.258. The molecule has 3 aromatic rings. The number of aromatic nitrogens is 3. The second-order valence-electron chi connectivity index (χ2n) is 7.47. The van der Waals surface area contributed by atoms with Crippen molar-refractivity contribution in [1.82, 2.24) is 19.7 Å². The van der Waals surface area contributed by atoms with E-state index in [1.54, 1.807) is 11.1 Å². The van der Waals surface area contributed by atoms with Gasteiger partial charge in [0.15, 0.2) is 5.82 Å². The fourth-order valence-corrected chi connectivity index (χ4v) is 3.91. The van der Waals surface area contributed by atoms with Crippen molar-refractivity contribution in [3.05, 3.63) is 71.2 Å². The molecule has 0 spiro atoms. The molecule has 162 valence electrons. The van der Waals surface area contributed by atoms with Crippen LogP contribution in [-0.4, -0.2) is 51.8 Å². The summed E-state index contributed by atoms with van der Waals surface area (Å²) in [6.45, 7) is 6.12. The molecule has 1 saturated heterocycles. The monoisotopic (exact) mass is 429 g/mol. The van der Waals surface area contributed by atoms with Gasteiger partial charge in [-0.2, -0.15) is 18.3 Å². The molecule has 2 aromatic heterocycles. The van der Waals surface area contributed by atoms with Gasteiger partial charge in [0.2, 0.25) is 0 Å². The molecule has 0 radical (unpaired) electrons. The lowest BCUT2D eigenvalue weighted by Gasteiger charge is -2.36. The number of aryl methyl sites for hydroxylation is 1. The number of piperazine rings is 1. The molecule has 0 aliphatic carbocycles. The molecule has 1 aromatic carbocycles. The number of pyridine rings is 1. The minimum atomic E-state index is -4.41. The Hall–Kier alpha value is -3.36. The Labute approximate surface area is 177 Å². The highest BCUT2D eigenvalue weighted by atomic mass is 19.4. The summed E-state index contributed by atoms with van der Waals surface area (Å²) in [5, 5.41) is 4.63. The van der Waals surface area contributed by atoms with Crippen molar-refractivity contribution >= 4 is 11.6 Å². The highest BCUT2D eigenvalue weighted by molar-refractivity contribution is 5.94. The van der Waals surface area contributed by atoms with Gasteiger partial charge in [0.05, 0.1) is 22.6 Å². The molecule has 1 amide bonds. The lowest BCUT2D eigenvalue weighted by Crippen LogP contribution is -2.49. The van der Waals surface area contributed by atoms with Gasteiger partial charge in [0.25, 0.3) is 5.91 Å². The number of anilines is 1. The fourth-order valence-electron chi connectivity index (χ4n) is 3.91. The minimum Gasteiger partial charge on any atom is -0.365 e. The van der Waals surface area contributed by atoms with Crippen molar-refractivity contribution in [3.8, 4) is 5.82 Å². The number of amides is 1. The summed E-state index contributed by atoms with van der Waals surface area (Å²) in [7, 11) is 0. The van der Waals surface area contributed by atoms with Crippen LogP contribution in [0, 0.1) is 13.8 Å². The molecule has 31 heavy (non-hydrogen) atoms. The smallest absolute Gasteiger partial charge is 0.365 e. The zero-order chi connectivity index (χ0) is 22.2. The van der Waals surface area contributed by atoms with E-state index in [-0.39, 0.29) is 11.5 Å². The first-order valence-electron chi connectivity index (χ1n) is 9.95. The Morgan fingerprint density at radius 3 is 2.23 bits per heavy atom. The summed E-state index contributed by atoms with van der Waals surface area (Å²) < 4.78 is 40.0. The van der Waals surface area contributed by atoms with Crippen molar-refractivity contribution in [2.75, 3.05) is 31.1 Å². The molecule has 1 fully saturated rings. The average Bonchev–Trinajstić information content (AvgIpc) is 3.07. The number of benzene rings is 1. The number of carbonyl (C=O) groups excluding carboxylic acids is 1. The second-order valence-corrected chi connectivity index (χ2v) is 7.47. The van der Waals surface area contributed by atoms with Gasteiger partial charge in [0, 0.05) is 37.9 Å². The van der Waals surface area contributed by atoms with Crippen LogP contribution in [0.1, 0.15) is 27.3 Å². The van der Waals surface area contributed by atoms with E-state index in [9.17, 15) is 18.0 Å². The first-order valence-corrected chi connectivity index (χ1v) is 9.95. The quantitative estimate of drug-likeness (QED) is 0.635. The number of nitrogens with zero attached hydrogens (tertiary/aromatic N) is 5. The third-order valence-electron chi connectivity index (χ3n) is 5.46. The molecule has 0 saturated carbocycles. The zero-order valence-electron chi connectivity index (χ0n) is 17.2. The van der Waals surface area contributed by atoms with E-state index in [4.69, 9.17) is 0 Å². The molecular formula is C22H22F3N5O. The van der Waals surface area contributed by atoms with Crippen LogP contribution < -0.4 is 4.90 Å². The zero-order valence-corrected chi connectivity index (χ0v) is 17.2. The van der Waals surface area contributed by atoms with Gasteiger partial charge < -0.3 is 9.80 Å². The van der Waals surface area contributed by atoms with Gasteiger partial charge in [-0.05, 0) is 50.2 Å². The molecule has 0 bridgehead atoms. The largest absolute Gasteiger partial charge is 0.416 e. The third-order valence-corrected chi connectivity index (χ3v) is 5.46. The summed E-state index contributed by atoms with van der Waals surface area (Å²) >= 11 is 0. The first-order chi connectivity index (χ1) is 14.8. The van der Waals surface area contributed by atoms with E-state index in [1.807, 2.05) is 36.7 Å². The summed E-state index contributed by atoms with van der Waals surface area (Å²) in [4.78, 5) is 20.9. The number of rotatable bonds is 3. The van der Waals surface area contributed by atoms with Crippen LogP contribution in [-0.2, 0) is 6.18 Å². The first kappa shape index (κ1) is 20.9. The fraction of sp³-hybridized carbons (Fsp3) is 0.318. The Morgan fingerprint density at radius 2 is 1.65 bits per heavy atom. The van der Waals surface area contributed by atoms with Gasteiger partial charge in [-0.15, -0.1) is 0 Å². The third kappa shape index (κ3) is 4.12. The summed E-state index contributed by atoms with van der Waals surface area (Å²) in [5.74, 6) is 0.483. The highest BCUT2D eigenvalue weighted by Gasteiger charge is 2.31. The summed E-state index contributed by atoms with van der Waals surface area (Å²) in [5.41, 5.74) is 2.37. The lowest BCUT2D eigenvalue weighted by atomic mass is 10.1. The molecule has 0 N–H and O–H groups in total. The van der Waals surface area contributed by atoms with Crippen LogP contribution in [0.15, 0.2) is 48.7 Å².